The zero-order valence-electron chi connectivity index (χ0n) is 17.7. The van der Waals surface area contributed by atoms with E-state index in [0.29, 0.717) is 18.4 Å². The number of carbonyl (C=O) groups is 1. The van der Waals surface area contributed by atoms with E-state index < -0.39 is 54.7 Å². The summed E-state index contributed by atoms with van der Waals surface area (Å²) in [6.45, 7) is 0. The summed E-state index contributed by atoms with van der Waals surface area (Å²) >= 11 is 0. The number of hydrogen-bond acceptors (Lipinski definition) is 3. The molecule has 16 heteroatoms. The Kier molecular flexibility index (Phi) is 9.40. The first-order valence-electron chi connectivity index (χ1n) is 9.63. The van der Waals surface area contributed by atoms with E-state index in [1.807, 2.05) is 0 Å². The second-order valence-electron chi connectivity index (χ2n) is 7.36. The molecule has 0 radical (unpaired) electrons. The Hall–Kier alpha value is -2.77. The summed E-state index contributed by atoms with van der Waals surface area (Å²) in [5, 5.41) is 3.07. The molecule has 0 N–H and O–H groups in total. The number of nitrogens with zero attached hydrogens (tertiary/aromatic N) is 3. The van der Waals surface area contributed by atoms with E-state index in [9.17, 15) is 53.1 Å². The Morgan fingerprint density at radius 1 is 0.971 bits per heavy atom. The quantitative estimate of drug-likeness (QED) is 0.0984. The van der Waals surface area contributed by atoms with Crippen LogP contribution < -0.4 is 0 Å². The van der Waals surface area contributed by atoms with Crippen LogP contribution in [0.3, 0.4) is 0 Å². The van der Waals surface area contributed by atoms with Gasteiger partial charge in [0.2, 0.25) is 0 Å². The Balaban J connectivity index is 3.10. The third kappa shape index (κ3) is 6.47. The highest BCUT2D eigenvalue weighted by molar-refractivity contribution is 5.69. The molecule has 198 valence electrons. The molecule has 35 heavy (non-hydrogen) atoms. The molecule has 0 amide bonds. The highest BCUT2D eigenvalue weighted by Gasteiger charge is 2.89. The van der Waals surface area contributed by atoms with Crippen molar-refractivity contribution in [2.24, 2.45) is 5.11 Å². The second-order valence-corrected chi connectivity index (χ2v) is 7.36. The average molecular weight is 529 g/mol. The van der Waals surface area contributed by atoms with Crippen LogP contribution >= 0.6 is 0 Å². The third-order valence-electron chi connectivity index (χ3n) is 5.03. The predicted molar refractivity (Wildman–Crippen MR) is 98.4 cm³/mol. The predicted octanol–water partition coefficient (Wildman–Crippen LogP) is 7.42. The summed E-state index contributed by atoms with van der Waals surface area (Å²) < 4.78 is 149. The van der Waals surface area contributed by atoms with E-state index in [1.165, 1.54) is 31.4 Å². The molecule has 0 aliphatic carbocycles. The summed E-state index contributed by atoms with van der Waals surface area (Å²) in [4.78, 5) is 13.4. The second kappa shape index (κ2) is 10.9. The zero-order chi connectivity index (χ0) is 27.3. The van der Waals surface area contributed by atoms with Crippen LogP contribution in [-0.4, -0.2) is 42.9 Å². The van der Waals surface area contributed by atoms with Gasteiger partial charge >= 0.3 is 35.8 Å². The van der Waals surface area contributed by atoms with E-state index in [-0.39, 0.29) is 12.0 Å². The van der Waals surface area contributed by atoms with Crippen molar-refractivity contribution in [1.82, 2.24) is 0 Å². The molecule has 0 saturated heterocycles. The summed E-state index contributed by atoms with van der Waals surface area (Å²) in [5.41, 5.74) is 1.60. The van der Waals surface area contributed by atoms with Gasteiger partial charge in [0, 0.05) is 17.8 Å². The number of azide groups is 1. The Labute approximate surface area is 190 Å². The normalized spacial score (nSPS) is 14.3. The maximum atomic E-state index is 14.0. The molecule has 1 rings (SSSR count). The van der Waals surface area contributed by atoms with Gasteiger partial charge in [-0.25, -0.2) is 4.39 Å². The van der Waals surface area contributed by atoms with E-state index in [2.05, 4.69) is 14.8 Å². The molecule has 1 unspecified atom stereocenters. The number of carbonyl (C=O) groups excluding carboxylic acids is 1. The SMILES string of the molecule is COC(=O)CCCc1ccc(C(CCC(F)(F)C(F)(F)C(F)(C(F)(F)F)C(F)(F)F)N=[N+]=[N-])cc1. The molecule has 0 spiro atoms. The summed E-state index contributed by atoms with van der Waals surface area (Å²) in [6, 6.07) is 3.48. The van der Waals surface area contributed by atoms with Crippen molar-refractivity contribution < 1.29 is 57.8 Å². The molecule has 0 aliphatic rings. The lowest BCUT2D eigenvalue weighted by Gasteiger charge is -2.39. The van der Waals surface area contributed by atoms with Crippen molar-refractivity contribution in [3.05, 3.63) is 45.8 Å². The van der Waals surface area contributed by atoms with Gasteiger partial charge in [0.05, 0.1) is 13.2 Å². The van der Waals surface area contributed by atoms with Crippen LogP contribution in [0.4, 0.5) is 48.3 Å². The number of halogens is 11. The van der Waals surface area contributed by atoms with Crippen LogP contribution in [0.2, 0.25) is 0 Å². The molecule has 0 saturated carbocycles. The lowest BCUT2D eigenvalue weighted by Crippen LogP contribution is -2.70. The zero-order valence-corrected chi connectivity index (χ0v) is 17.7. The third-order valence-corrected chi connectivity index (χ3v) is 5.03. The maximum Gasteiger partial charge on any atom is 0.438 e. The molecule has 5 nitrogen and oxygen atoms in total. The molecule has 0 heterocycles. The van der Waals surface area contributed by atoms with E-state index in [4.69, 9.17) is 5.53 Å². The number of hydrogen-bond donors (Lipinski definition) is 0. The fourth-order valence-corrected chi connectivity index (χ4v) is 3.04. The van der Waals surface area contributed by atoms with Crippen LogP contribution in [-0.2, 0) is 16.0 Å². The van der Waals surface area contributed by atoms with Crippen molar-refractivity contribution in [1.29, 1.82) is 0 Å². The van der Waals surface area contributed by atoms with Gasteiger partial charge in [-0.3, -0.25) is 4.79 Å². The number of aryl methyl sites for hydroxylation is 1. The summed E-state index contributed by atoms with van der Waals surface area (Å²) in [5.74, 6) is -13.8. The Bertz CT molecular complexity index is 894. The molecule has 0 bridgehead atoms. The Morgan fingerprint density at radius 2 is 1.49 bits per heavy atom. The van der Waals surface area contributed by atoms with Crippen molar-refractivity contribution in [3.8, 4) is 0 Å². The first-order chi connectivity index (χ1) is 15.9. The molecule has 1 aromatic carbocycles. The fourth-order valence-electron chi connectivity index (χ4n) is 3.04. The molecule has 0 aromatic heterocycles. The minimum absolute atomic E-state index is 0.0724. The van der Waals surface area contributed by atoms with Gasteiger partial charge < -0.3 is 4.74 Å². The van der Waals surface area contributed by atoms with Crippen LogP contribution in [0.1, 0.15) is 42.9 Å². The van der Waals surface area contributed by atoms with Crippen molar-refractivity contribution >= 4 is 5.97 Å². The monoisotopic (exact) mass is 529 g/mol. The smallest absolute Gasteiger partial charge is 0.438 e. The molecule has 0 fully saturated rings. The maximum absolute atomic E-state index is 14.0. The number of ether oxygens (including phenoxy) is 1. The van der Waals surface area contributed by atoms with Crippen molar-refractivity contribution in [2.75, 3.05) is 7.11 Å². The van der Waals surface area contributed by atoms with Gasteiger partial charge in [-0.1, -0.05) is 29.4 Å². The summed E-state index contributed by atoms with van der Waals surface area (Å²) in [6.07, 6.45) is -17.7. The Morgan fingerprint density at radius 3 is 1.91 bits per heavy atom. The molecule has 0 aliphatic heterocycles. The molecular weight excluding hydrogens is 511 g/mol. The largest absolute Gasteiger partial charge is 0.469 e. The topological polar surface area (TPSA) is 75.1 Å². The van der Waals surface area contributed by atoms with E-state index in [0.717, 1.165) is 0 Å². The van der Waals surface area contributed by atoms with Crippen LogP contribution in [0.25, 0.3) is 10.4 Å². The van der Waals surface area contributed by atoms with Crippen LogP contribution in [0.15, 0.2) is 29.4 Å². The number of alkyl halides is 11. The standard InChI is InChI=1S/C19H18F11N3O2/c1-35-14(34)4-2-3-11-5-7-12(8-6-11)13(32-33-31)9-10-15(20,21)17(23,24)16(22,18(25,26)27)19(28,29)30/h5-8,13H,2-4,9-10H2,1H3. The molecular formula is C19H18F11N3O2. The van der Waals surface area contributed by atoms with Crippen molar-refractivity contribution in [3.63, 3.8) is 0 Å². The minimum atomic E-state index is -7.53. The average Bonchev–Trinajstić information content (AvgIpc) is 2.74. The van der Waals surface area contributed by atoms with Gasteiger partial charge in [-0.2, -0.15) is 43.9 Å². The van der Waals surface area contributed by atoms with Crippen LogP contribution in [0.5, 0.6) is 0 Å². The van der Waals surface area contributed by atoms with E-state index in [1.54, 1.807) is 0 Å². The lowest BCUT2D eigenvalue weighted by molar-refractivity contribution is -0.427. The number of esters is 1. The first-order valence-corrected chi connectivity index (χ1v) is 9.63. The number of rotatable bonds is 11. The van der Waals surface area contributed by atoms with Gasteiger partial charge in [-0.05, 0) is 35.9 Å². The number of methoxy groups -OCH3 is 1. The van der Waals surface area contributed by atoms with Gasteiger partial charge in [0.25, 0.3) is 0 Å². The summed E-state index contributed by atoms with van der Waals surface area (Å²) in [7, 11) is 1.19. The van der Waals surface area contributed by atoms with Gasteiger partial charge in [0.15, 0.2) is 0 Å². The van der Waals surface area contributed by atoms with Crippen LogP contribution in [0, 0.1) is 0 Å². The molecule has 1 aromatic rings. The first kappa shape index (κ1) is 30.3. The van der Waals surface area contributed by atoms with Gasteiger partial charge in [-0.15, -0.1) is 0 Å². The van der Waals surface area contributed by atoms with E-state index >= 15 is 0 Å². The highest BCUT2D eigenvalue weighted by atomic mass is 19.4. The van der Waals surface area contributed by atoms with Gasteiger partial charge in [0.1, 0.15) is 0 Å². The fraction of sp³-hybridized carbons (Fsp3) is 0.632. The van der Waals surface area contributed by atoms with Crippen molar-refractivity contribution in [2.45, 2.75) is 68.0 Å². The minimum Gasteiger partial charge on any atom is -0.469 e. The molecule has 1 atom stereocenters. The lowest BCUT2D eigenvalue weighted by atomic mass is 9.87. The highest BCUT2D eigenvalue weighted by Crippen LogP contribution is 2.60. The number of benzene rings is 1.